The van der Waals surface area contributed by atoms with E-state index in [-0.39, 0.29) is 31.1 Å². The molecule has 2 N–H and O–H groups in total. The average Bonchev–Trinajstić information content (AvgIpc) is 3.45. The van der Waals surface area contributed by atoms with Gasteiger partial charge in [0.1, 0.15) is 28.6 Å². The van der Waals surface area contributed by atoms with Crippen LogP contribution < -0.4 is 9.47 Å². The summed E-state index contributed by atoms with van der Waals surface area (Å²) in [4.78, 5) is 31.4. The highest BCUT2D eigenvalue weighted by molar-refractivity contribution is 9.10. The second kappa shape index (κ2) is 9.22. The quantitative estimate of drug-likeness (QED) is 0.572. The van der Waals surface area contributed by atoms with Gasteiger partial charge in [-0.25, -0.2) is 0 Å². The third kappa shape index (κ3) is 3.86. The van der Waals surface area contributed by atoms with Gasteiger partial charge in [-0.15, -0.1) is 11.3 Å². The van der Waals surface area contributed by atoms with Crippen LogP contribution in [0, 0.1) is 5.92 Å². The van der Waals surface area contributed by atoms with Crippen molar-refractivity contribution in [3.63, 3.8) is 0 Å². The van der Waals surface area contributed by atoms with Crippen molar-refractivity contribution in [2.45, 2.75) is 50.3 Å². The zero-order valence-corrected chi connectivity index (χ0v) is 21.9. The van der Waals surface area contributed by atoms with Gasteiger partial charge in [0.05, 0.1) is 24.6 Å². The Hall–Kier alpha value is -2.43. The number of carbonyl (C=O) groups excluding carboxylic acids is 1. The molecule has 35 heavy (non-hydrogen) atoms. The number of rotatable bonds is 5. The lowest BCUT2D eigenvalue weighted by molar-refractivity contribution is -0.135. The number of aliphatic hydroxyl groups is 1. The first kappa shape index (κ1) is 24.3. The van der Waals surface area contributed by atoms with Crippen LogP contribution in [0.2, 0.25) is 0 Å². The minimum absolute atomic E-state index is 0.0555. The van der Waals surface area contributed by atoms with Gasteiger partial charge in [-0.2, -0.15) is 0 Å². The number of aliphatic carboxylic acids is 1. The Balaban J connectivity index is 1.65. The van der Waals surface area contributed by atoms with E-state index in [1.165, 1.54) is 11.3 Å². The zero-order chi connectivity index (χ0) is 24.9. The molecule has 1 aromatic heterocycles. The van der Waals surface area contributed by atoms with Gasteiger partial charge in [-0.3, -0.25) is 14.6 Å². The Morgan fingerprint density at radius 1 is 1.40 bits per heavy atom. The molecule has 4 atom stereocenters. The Labute approximate surface area is 215 Å². The number of hydrogen-bond donors (Lipinski definition) is 2. The summed E-state index contributed by atoms with van der Waals surface area (Å²) >= 11 is 5.06. The molecule has 2 aliphatic heterocycles. The number of aliphatic hydroxyl groups excluding tert-OH is 1. The molecule has 0 bridgehead atoms. The van der Waals surface area contributed by atoms with Crippen molar-refractivity contribution in [2.24, 2.45) is 10.9 Å². The van der Waals surface area contributed by atoms with Crippen LogP contribution in [0.25, 0.3) is 0 Å². The number of carboxylic acids is 1. The number of nitrogens with zero attached hydrogens (tertiary/aromatic N) is 2. The fourth-order valence-electron chi connectivity index (χ4n) is 6.08. The summed E-state index contributed by atoms with van der Waals surface area (Å²) in [5.41, 5.74) is 2.37. The molecule has 0 saturated heterocycles. The number of aliphatic imine (C=N–C) groups is 1. The third-order valence-corrected chi connectivity index (χ3v) is 9.24. The van der Waals surface area contributed by atoms with E-state index in [0.29, 0.717) is 42.2 Å². The van der Waals surface area contributed by atoms with E-state index in [4.69, 9.17) is 14.6 Å². The zero-order valence-electron chi connectivity index (χ0n) is 19.5. The van der Waals surface area contributed by atoms with Crippen LogP contribution in [0.15, 0.2) is 33.0 Å². The molecular weight excluding hydrogens is 536 g/mol. The lowest BCUT2D eigenvalue weighted by Gasteiger charge is -2.45. The van der Waals surface area contributed by atoms with Crippen LogP contribution in [-0.2, 0) is 16.8 Å². The summed E-state index contributed by atoms with van der Waals surface area (Å²) in [5.74, 6) is 0.313. The van der Waals surface area contributed by atoms with Crippen molar-refractivity contribution < 1.29 is 29.3 Å². The molecule has 3 aliphatic rings. The average molecular weight is 563 g/mol. The normalized spacial score (nSPS) is 28.2. The monoisotopic (exact) mass is 562 g/mol. The highest BCUT2D eigenvalue weighted by Gasteiger charge is 2.59. The molecule has 186 valence electrons. The fraction of sp³-hybridized carbons (Fsp3) is 0.480. The molecular formula is C25H27BrN2O6S. The first-order valence-electron chi connectivity index (χ1n) is 11.6. The highest BCUT2D eigenvalue weighted by atomic mass is 79.9. The van der Waals surface area contributed by atoms with Crippen molar-refractivity contribution in [3.8, 4) is 11.5 Å². The van der Waals surface area contributed by atoms with Crippen molar-refractivity contribution in [1.82, 2.24) is 4.90 Å². The first-order valence-corrected chi connectivity index (χ1v) is 13.2. The minimum atomic E-state index is -0.964. The molecule has 1 aliphatic carbocycles. The lowest BCUT2D eigenvalue weighted by Crippen LogP contribution is -2.53. The fourth-order valence-corrected chi connectivity index (χ4v) is 7.33. The van der Waals surface area contributed by atoms with Gasteiger partial charge in [0.2, 0.25) is 0 Å². The number of methoxy groups -OCH3 is 1. The molecule has 1 saturated carbocycles. The van der Waals surface area contributed by atoms with E-state index in [2.05, 4.69) is 27.8 Å². The molecule has 0 unspecified atom stereocenters. The summed E-state index contributed by atoms with van der Waals surface area (Å²) < 4.78 is 12.9. The maximum atomic E-state index is 13.5. The third-order valence-electron chi connectivity index (χ3n) is 7.63. The predicted octanol–water partition coefficient (Wildman–Crippen LogP) is 3.88. The molecule has 1 aromatic carbocycles. The van der Waals surface area contributed by atoms with E-state index in [1.807, 2.05) is 23.6 Å². The van der Waals surface area contributed by atoms with Gasteiger partial charge in [0, 0.05) is 29.7 Å². The molecule has 1 fully saturated rings. The van der Waals surface area contributed by atoms with Gasteiger partial charge in [0.15, 0.2) is 0 Å². The van der Waals surface area contributed by atoms with E-state index in [9.17, 15) is 14.7 Å². The second-order valence-electron chi connectivity index (χ2n) is 9.44. The van der Waals surface area contributed by atoms with Gasteiger partial charge in [0.25, 0.3) is 5.91 Å². The summed E-state index contributed by atoms with van der Waals surface area (Å²) in [6, 6.07) is 5.22. The molecule has 0 radical (unpaired) electrons. The van der Waals surface area contributed by atoms with E-state index in [1.54, 1.807) is 12.0 Å². The highest BCUT2D eigenvalue weighted by Crippen LogP contribution is 2.60. The van der Waals surface area contributed by atoms with Gasteiger partial charge in [-0.05, 0) is 57.8 Å². The van der Waals surface area contributed by atoms with Crippen molar-refractivity contribution in [1.29, 1.82) is 0 Å². The Morgan fingerprint density at radius 3 is 2.86 bits per heavy atom. The summed E-state index contributed by atoms with van der Waals surface area (Å²) in [6.45, 7) is 2.03. The summed E-state index contributed by atoms with van der Waals surface area (Å²) in [7, 11) is 1.60. The number of amides is 1. The topological polar surface area (TPSA) is 109 Å². The second-order valence-corrected chi connectivity index (χ2v) is 11.2. The number of thiophene rings is 1. The van der Waals surface area contributed by atoms with Gasteiger partial charge in [-0.1, -0.05) is 13.0 Å². The van der Waals surface area contributed by atoms with Crippen molar-refractivity contribution in [3.05, 3.63) is 44.1 Å². The molecule has 1 spiro atoms. The molecule has 5 rings (SSSR count). The first-order chi connectivity index (χ1) is 16.8. The van der Waals surface area contributed by atoms with Crippen LogP contribution in [0.1, 0.15) is 47.0 Å². The van der Waals surface area contributed by atoms with Crippen LogP contribution >= 0.6 is 27.3 Å². The molecule has 8 nitrogen and oxygen atoms in total. The molecule has 3 heterocycles. The minimum Gasteiger partial charge on any atom is -0.495 e. The SMILES string of the molecule is COc1cc2c3c(c1Br)O[C@@H]1CC(=NCC(=O)O)C[C@@H](C)[C@]31C[C@@H](CO)N(C(=O)c1cccs1)C2. The number of halogens is 1. The van der Waals surface area contributed by atoms with E-state index < -0.39 is 17.4 Å². The number of hydrogen-bond acceptors (Lipinski definition) is 7. The number of carboxylic acid groups (broad SMARTS) is 1. The maximum Gasteiger partial charge on any atom is 0.325 e. The predicted molar refractivity (Wildman–Crippen MR) is 135 cm³/mol. The van der Waals surface area contributed by atoms with Crippen molar-refractivity contribution >= 4 is 44.9 Å². The number of benzene rings is 1. The Kier molecular flexibility index (Phi) is 6.39. The van der Waals surface area contributed by atoms with E-state index in [0.717, 1.165) is 21.3 Å². The Morgan fingerprint density at radius 2 is 2.20 bits per heavy atom. The van der Waals surface area contributed by atoms with Crippen LogP contribution in [0.3, 0.4) is 0 Å². The van der Waals surface area contributed by atoms with Crippen LogP contribution in [0.5, 0.6) is 11.5 Å². The van der Waals surface area contributed by atoms with Crippen LogP contribution in [0.4, 0.5) is 0 Å². The van der Waals surface area contributed by atoms with E-state index >= 15 is 0 Å². The van der Waals surface area contributed by atoms with Crippen LogP contribution in [-0.4, -0.2) is 65.1 Å². The largest absolute Gasteiger partial charge is 0.495 e. The summed E-state index contributed by atoms with van der Waals surface area (Å²) in [5, 5.41) is 21.5. The number of carbonyl (C=O) groups is 2. The molecule has 1 amide bonds. The van der Waals surface area contributed by atoms with Gasteiger partial charge >= 0.3 is 5.97 Å². The summed E-state index contributed by atoms with van der Waals surface area (Å²) in [6.07, 6.45) is 1.38. The molecule has 2 aromatic rings. The lowest BCUT2D eigenvalue weighted by atomic mass is 9.59. The standard InChI is InChI=1S/C25H27BrN2O6S/c1-13-6-15(27-10-20(30)31)8-19-25(13)9-16(12-29)28(24(32)18-4-3-5-35-18)11-14-7-17(33-2)22(26)23(34-19)21(14)25/h3-5,7,13,16,19,29H,6,8-12H2,1-2H3,(H,30,31)/t13-,16+,19-,25+/m1/s1. The molecule has 10 heteroatoms. The number of ether oxygens (including phenoxy) is 2. The maximum absolute atomic E-state index is 13.5. The van der Waals surface area contributed by atoms with Gasteiger partial charge < -0.3 is 24.6 Å². The smallest absolute Gasteiger partial charge is 0.325 e. The van der Waals surface area contributed by atoms with Crippen molar-refractivity contribution in [2.75, 3.05) is 20.3 Å². The Bertz CT molecular complexity index is 1200.